The lowest BCUT2D eigenvalue weighted by Gasteiger charge is -1.96. The maximum Gasteiger partial charge on any atom is 0.144 e. The molecule has 0 bridgehead atoms. The molecule has 2 nitrogen and oxygen atoms in total. The lowest BCUT2D eigenvalue weighted by molar-refractivity contribution is 0.628. The lowest BCUT2D eigenvalue weighted by Crippen LogP contribution is -1.86. The molecule has 1 aliphatic heterocycles. The summed E-state index contributed by atoms with van der Waals surface area (Å²) in [5.41, 5.74) is 1.16. The Kier molecular flexibility index (Phi) is 1.32. The van der Waals surface area contributed by atoms with Crippen molar-refractivity contribution in [2.24, 2.45) is 4.99 Å². The maximum atomic E-state index is 12.7. The molecule has 0 saturated carbocycles. The van der Waals surface area contributed by atoms with Gasteiger partial charge in [-0.05, 0) is 6.07 Å². The second-order valence-electron chi connectivity index (χ2n) is 2.13. The minimum atomic E-state index is -0.459. The Balaban J connectivity index is 2.63. The predicted molar refractivity (Wildman–Crippen MR) is 41.4 cm³/mol. The van der Waals surface area contributed by atoms with Crippen LogP contribution in [0.4, 0.5) is 15.8 Å². The van der Waals surface area contributed by atoms with E-state index < -0.39 is 5.82 Å². The van der Waals surface area contributed by atoms with Crippen LogP contribution in [0.25, 0.3) is 0 Å². The zero-order valence-electron chi connectivity index (χ0n) is 5.38. The van der Waals surface area contributed by atoms with Gasteiger partial charge in [0.15, 0.2) is 0 Å². The van der Waals surface area contributed by atoms with Crippen molar-refractivity contribution >= 4 is 29.3 Å². The minimum Gasteiger partial charge on any atom is -0.235 e. The molecule has 0 amide bonds. The molecular weight excluding hydrogens is 167 g/mol. The largest absolute Gasteiger partial charge is 0.235 e. The third-order valence-electron chi connectivity index (χ3n) is 1.41. The van der Waals surface area contributed by atoms with Gasteiger partial charge in [-0.1, -0.05) is 11.6 Å². The molecule has 4 heteroatoms. The van der Waals surface area contributed by atoms with Crippen LogP contribution in [0.5, 0.6) is 0 Å². The van der Waals surface area contributed by atoms with Crippen molar-refractivity contribution in [1.29, 1.82) is 0 Å². The molecule has 0 N–H and O–H groups in total. The number of rotatable bonds is 0. The quantitative estimate of drug-likeness (QED) is 0.570. The fraction of sp³-hybridized carbons (Fsp3) is 0. The van der Waals surface area contributed by atoms with E-state index in [1.165, 1.54) is 18.5 Å². The van der Waals surface area contributed by atoms with Crippen LogP contribution in [0, 0.1) is 5.82 Å². The highest BCUT2D eigenvalue weighted by Crippen LogP contribution is 2.32. The normalized spacial score (nSPS) is 12.9. The van der Waals surface area contributed by atoms with Gasteiger partial charge in [0.25, 0.3) is 0 Å². The van der Waals surface area contributed by atoms with Crippen molar-refractivity contribution in [2.75, 3.05) is 0 Å². The molecule has 0 unspecified atom stereocenters. The van der Waals surface area contributed by atoms with Gasteiger partial charge in [0.05, 0.1) is 16.4 Å². The summed E-state index contributed by atoms with van der Waals surface area (Å²) < 4.78 is 12.7. The van der Waals surface area contributed by atoms with Crippen LogP contribution >= 0.6 is 11.6 Å². The molecule has 0 aromatic heterocycles. The van der Waals surface area contributed by atoms with Crippen LogP contribution in [0.1, 0.15) is 0 Å². The van der Waals surface area contributed by atoms with Gasteiger partial charge in [-0.3, -0.25) is 0 Å². The summed E-state index contributed by atoms with van der Waals surface area (Å²) in [6, 6.07) is 2.73. The highest BCUT2D eigenvalue weighted by molar-refractivity contribution is 6.31. The van der Waals surface area contributed by atoms with Crippen LogP contribution in [-0.4, -0.2) is 6.34 Å². The molecule has 1 aromatic carbocycles. The predicted octanol–water partition coefficient (Wildman–Crippen LogP) is 2.39. The van der Waals surface area contributed by atoms with Gasteiger partial charge in [0.1, 0.15) is 12.2 Å². The number of fused-ring (bicyclic) bond motifs is 1. The molecule has 1 aliphatic rings. The molecule has 2 rings (SSSR count). The summed E-state index contributed by atoms with van der Waals surface area (Å²) in [5, 5.41) is 3.89. The zero-order valence-corrected chi connectivity index (χ0v) is 6.14. The smallest absolute Gasteiger partial charge is 0.144 e. The van der Waals surface area contributed by atoms with E-state index >= 15 is 0 Å². The van der Waals surface area contributed by atoms with Crippen LogP contribution in [0.2, 0.25) is 5.02 Å². The molecule has 1 aromatic rings. The summed E-state index contributed by atoms with van der Waals surface area (Å²) in [5.74, 6) is -0.459. The summed E-state index contributed by atoms with van der Waals surface area (Å²) in [4.78, 5) is 3.86. The number of hydrogen-bond donors (Lipinski definition) is 0. The molecule has 11 heavy (non-hydrogen) atoms. The Morgan fingerprint density at radius 1 is 1.27 bits per heavy atom. The van der Waals surface area contributed by atoms with E-state index in [0.717, 1.165) is 0 Å². The molecule has 0 spiro atoms. The van der Waals surface area contributed by atoms with E-state index in [0.29, 0.717) is 11.4 Å². The van der Waals surface area contributed by atoms with E-state index in [1.807, 2.05) is 0 Å². The van der Waals surface area contributed by atoms with Crippen LogP contribution in [0.15, 0.2) is 17.1 Å². The third kappa shape index (κ3) is 0.973. The van der Waals surface area contributed by atoms with E-state index in [9.17, 15) is 4.39 Å². The topological polar surface area (TPSA) is 26.5 Å². The molecule has 55 valence electrons. The minimum absolute atomic E-state index is 0.0815. The van der Waals surface area contributed by atoms with Crippen LogP contribution in [-0.2, 0) is 0 Å². The van der Waals surface area contributed by atoms with Gasteiger partial charge >= 0.3 is 0 Å². The monoisotopic (exact) mass is 169 g/mol. The van der Waals surface area contributed by atoms with E-state index in [1.54, 1.807) is 0 Å². The Labute approximate surface area is 67.7 Å². The van der Waals surface area contributed by atoms with Gasteiger partial charge in [-0.25, -0.2) is 14.7 Å². The average Bonchev–Trinajstić information content (AvgIpc) is 2.36. The molecule has 0 atom stereocenters. The van der Waals surface area contributed by atoms with Crippen molar-refractivity contribution in [3.63, 3.8) is 0 Å². The van der Waals surface area contributed by atoms with Gasteiger partial charge in [0.2, 0.25) is 0 Å². The first kappa shape index (κ1) is 6.61. The van der Waals surface area contributed by atoms with Crippen molar-refractivity contribution in [3.8, 4) is 0 Å². The number of halogens is 2. The Hall–Kier alpha value is -1.09. The fourth-order valence-corrected chi connectivity index (χ4v) is 1.04. The van der Waals surface area contributed by atoms with E-state index in [-0.39, 0.29) is 5.02 Å². The summed E-state index contributed by atoms with van der Waals surface area (Å²) in [7, 11) is 0. The Bertz CT molecular complexity index is 335. The molecule has 0 aliphatic carbocycles. The average molecular weight is 170 g/mol. The first-order valence-electron chi connectivity index (χ1n) is 3.00. The summed E-state index contributed by atoms with van der Waals surface area (Å²) in [6.45, 7) is 0. The molecule has 0 saturated heterocycles. The van der Waals surface area contributed by atoms with Crippen molar-refractivity contribution in [2.45, 2.75) is 0 Å². The number of hydrogen-bond acceptors (Lipinski definition) is 1. The van der Waals surface area contributed by atoms with E-state index in [4.69, 9.17) is 11.6 Å². The number of nitrogens with zero attached hydrogens (tertiary/aromatic N) is 2. The first-order chi connectivity index (χ1) is 5.27. The first-order valence-corrected chi connectivity index (χ1v) is 3.37. The molecular formula is C7H3ClFN2. The Morgan fingerprint density at radius 3 is 2.91 bits per heavy atom. The SMILES string of the molecule is Fc1cc2c(cc1Cl)N=C[N]2. The number of benzene rings is 1. The van der Waals surface area contributed by atoms with Crippen molar-refractivity contribution in [3.05, 3.63) is 23.0 Å². The highest BCUT2D eigenvalue weighted by Gasteiger charge is 2.11. The van der Waals surface area contributed by atoms with Crippen LogP contribution < -0.4 is 5.32 Å². The van der Waals surface area contributed by atoms with Gasteiger partial charge in [0, 0.05) is 6.07 Å². The van der Waals surface area contributed by atoms with E-state index in [2.05, 4.69) is 10.3 Å². The van der Waals surface area contributed by atoms with Gasteiger partial charge < -0.3 is 0 Å². The van der Waals surface area contributed by atoms with Gasteiger partial charge in [-0.15, -0.1) is 0 Å². The van der Waals surface area contributed by atoms with Crippen molar-refractivity contribution < 1.29 is 4.39 Å². The second-order valence-corrected chi connectivity index (χ2v) is 2.54. The van der Waals surface area contributed by atoms with Gasteiger partial charge in [-0.2, -0.15) is 0 Å². The zero-order chi connectivity index (χ0) is 7.84. The van der Waals surface area contributed by atoms with Crippen molar-refractivity contribution in [1.82, 2.24) is 5.32 Å². The highest BCUT2D eigenvalue weighted by atomic mass is 35.5. The molecule has 0 fully saturated rings. The standard InChI is InChI=1S/C7H3ClFN2/c8-4-1-6-7(2-5(4)9)11-3-10-6/h1-3H. The lowest BCUT2D eigenvalue weighted by atomic mass is 10.3. The molecule has 1 heterocycles. The maximum absolute atomic E-state index is 12.7. The Morgan fingerprint density at radius 2 is 2.09 bits per heavy atom. The summed E-state index contributed by atoms with van der Waals surface area (Å²) in [6.07, 6.45) is 1.38. The third-order valence-corrected chi connectivity index (χ3v) is 1.70. The van der Waals surface area contributed by atoms with Crippen LogP contribution in [0.3, 0.4) is 0 Å². The fourth-order valence-electron chi connectivity index (χ4n) is 0.886. The summed E-state index contributed by atoms with van der Waals surface area (Å²) >= 11 is 5.50. The number of aliphatic imine (C=N–C) groups is 1. The second kappa shape index (κ2) is 2.20. The molecule has 1 radical (unpaired) electrons.